The molecular formula is C15H20F3N. The van der Waals surface area contributed by atoms with Gasteiger partial charge in [-0.25, -0.2) is 0 Å². The molecule has 1 nitrogen and oxygen atoms in total. The van der Waals surface area contributed by atoms with E-state index in [2.05, 4.69) is 23.5 Å². The number of aryl methyl sites for hydroxylation is 2. The van der Waals surface area contributed by atoms with E-state index in [1.54, 1.807) is 0 Å². The zero-order valence-electron chi connectivity index (χ0n) is 11.3. The minimum Gasteiger partial charge on any atom is -0.303 e. The van der Waals surface area contributed by atoms with Gasteiger partial charge in [0.1, 0.15) is 6.04 Å². The average molecular weight is 271 g/mol. The molecule has 19 heavy (non-hydrogen) atoms. The summed E-state index contributed by atoms with van der Waals surface area (Å²) in [7, 11) is 0. The quantitative estimate of drug-likeness (QED) is 0.859. The van der Waals surface area contributed by atoms with Gasteiger partial charge in [0.25, 0.3) is 0 Å². The Morgan fingerprint density at radius 3 is 2.32 bits per heavy atom. The number of alkyl halides is 3. The van der Waals surface area contributed by atoms with Crippen LogP contribution >= 0.6 is 0 Å². The molecule has 1 aliphatic heterocycles. The highest BCUT2D eigenvalue weighted by Gasteiger charge is 2.41. The van der Waals surface area contributed by atoms with Crippen LogP contribution in [0.15, 0.2) is 18.2 Å². The first-order chi connectivity index (χ1) is 8.84. The number of nitrogens with one attached hydrogen (secondary N) is 1. The van der Waals surface area contributed by atoms with Crippen LogP contribution in [0, 0.1) is 13.8 Å². The number of piperidine rings is 1. The number of halogens is 3. The van der Waals surface area contributed by atoms with E-state index in [-0.39, 0.29) is 12.5 Å². The van der Waals surface area contributed by atoms with Crippen molar-refractivity contribution in [3.8, 4) is 0 Å². The van der Waals surface area contributed by atoms with Crippen LogP contribution in [-0.2, 0) is 6.42 Å². The fraction of sp³-hybridized carbons (Fsp3) is 0.600. The van der Waals surface area contributed by atoms with Crippen LogP contribution in [0.5, 0.6) is 0 Å². The number of benzene rings is 1. The third-order valence-electron chi connectivity index (χ3n) is 3.64. The molecule has 1 aromatic rings. The Labute approximate surface area is 112 Å². The molecule has 0 radical (unpaired) electrons. The molecule has 0 aliphatic carbocycles. The van der Waals surface area contributed by atoms with Crippen molar-refractivity contribution < 1.29 is 13.2 Å². The van der Waals surface area contributed by atoms with Crippen LogP contribution < -0.4 is 5.32 Å². The molecule has 1 fully saturated rings. The second kappa shape index (κ2) is 5.53. The minimum absolute atomic E-state index is 0.0680. The van der Waals surface area contributed by atoms with Gasteiger partial charge < -0.3 is 5.32 Å². The van der Waals surface area contributed by atoms with Crippen LogP contribution in [0.4, 0.5) is 13.2 Å². The molecule has 1 heterocycles. The summed E-state index contributed by atoms with van der Waals surface area (Å²) in [5, 5.41) is 2.76. The smallest absolute Gasteiger partial charge is 0.303 e. The Morgan fingerprint density at radius 1 is 1.11 bits per heavy atom. The van der Waals surface area contributed by atoms with E-state index in [1.807, 2.05) is 13.8 Å². The summed E-state index contributed by atoms with van der Waals surface area (Å²) in [5.41, 5.74) is 3.45. The number of hydrogen-bond acceptors (Lipinski definition) is 1. The SMILES string of the molecule is Cc1cc(C)cc(CC2CCCC(C(F)(F)F)N2)c1. The summed E-state index contributed by atoms with van der Waals surface area (Å²) < 4.78 is 38.2. The molecule has 0 aromatic heterocycles. The van der Waals surface area contributed by atoms with Crippen LogP contribution in [0.1, 0.15) is 36.0 Å². The summed E-state index contributed by atoms with van der Waals surface area (Å²) in [6.45, 7) is 4.03. The second-order valence-corrected chi connectivity index (χ2v) is 5.59. The van der Waals surface area contributed by atoms with Crippen LogP contribution in [-0.4, -0.2) is 18.3 Å². The van der Waals surface area contributed by atoms with Gasteiger partial charge in [-0.15, -0.1) is 0 Å². The topological polar surface area (TPSA) is 12.0 Å². The molecule has 1 saturated heterocycles. The van der Waals surface area contributed by atoms with E-state index < -0.39 is 12.2 Å². The summed E-state index contributed by atoms with van der Waals surface area (Å²) >= 11 is 0. The van der Waals surface area contributed by atoms with Crippen LogP contribution in [0.25, 0.3) is 0 Å². The molecule has 106 valence electrons. The summed E-state index contributed by atoms with van der Waals surface area (Å²) in [6.07, 6.45) is -1.78. The second-order valence-electron chi connectivity index (χ2n) is 5.59. The van der Waals surface area contributed by atoms with Crippen molar-refractivity contribution in [2.45, 2.75) is 57.8 Å². The van der Waals surface area contributed by atoms with Crippen LogP contribution in [0.3, 0.4) is 0 Å². The fourth-order valence-corrected chi connectivity index (χ4v) is 2.91. The van der Waals surface area contributed by atoms with Gasteiger partial charge in [0, 0.05) is 6.04 Å². The third kappa shape index (κ3) is 3.96. The van der Waals surface area contributed by atoms with Crippen molar-refractivity contribution in [2.24, 2.45) is 0 Å². The van der Waals surface area contributed by atoms with Crippen molar-refractivity contribution >= 4 is 0 Å². The highest BCUT2D eigenvalue weighted by Crippen LogP contribution is 2.28. The molecule has 1 aromatic carbocycles. The van der Waals surface area contributed by atoms with Gasteiger partial charge >= 0.3 is 6.18 Å². The molecule has 1 aliphatic rings. The van der Waals surface area contributed by atoms with Crippen molar-refractivity contribution in [3.05, 3.63) is 34.9 Å². The Hall–Kier alpha value is -1.03. The summed E-state index contributed by atoms with van der Waals surface area (Å²) in [6, 6.07) is 4.80. The number of hydrogen-bond donors (Lipinski definition) is 1. The first kappa shape index (κ1) is 14.4. The Morgan fingerprint density at radius 2 is 1.74 bits per heavy atom. The van der Waals surface area contributed by atoms with Crippen molar-refractivity contribution in [1.29, 1.82) is 0 Å². The van der Waals surface area contributed by atoms with Gasteiger partial charge in [-0.2, -0.15) is 13.2 Å². The molecule has 2 rings (SSSR count). The van der Waals surface area contributed by atoms with Crippen molar-refractivity contribution in [2.75, 3.05) is 0 Å². The molecule has 4 heteroatoms. The molecule has 0 amide bonds. The maximum Gasteiger partial charge on any atom is 0.403 e. The van der Waals surface area contributed by atoms with Gasteiger partial charge in [0.05, 0.1) is 0 Å². The van der Waals surface area contributed by atoms with Gasteiger partial charge in [0.2, 0.25) is 0 Å². The Balaban J connectivity index is 2.02. The van der Waals surface area contributed by atoms with E-state index in [0.717, 1.165) is 23.1 Å². The predicted octanol–water partition coefficient (Wildman–Crippen LogP) is 3.92. The maximum atomic E-state index is 12.7. The molecule has 2 unspecified atom stereocenters. The lowest BCUT2D eigenvalue weighted by atomic mass is 9.92. The molecule has 0 saturated carbocycles. The lowest BCUT2D eigenvalue weighted by molar-refractivity contribution is -0.163. The van der Waals surface area contributed by atoms with Gasteiger partial charge in [-0.05, 0) is 45.1 Å². The molecular weight excluding hydrogens is 251 g/mol. The third-order valence-corrected chi connectivity index (χ3v) is 3.64. The van der Waals surface area contributed by atoms with E-state index in [0.29, 0.717) is 12.8 Å². The van der Waals surface area contributed by atoms with E-state index in [9.17, 15) is 13.2 Å². The van der Waals surface area contributed by atoms with Gasteiger partial charge in [0.15, 0.2) is 0 Å². The molecule has 2 atom stereocenters. The fourth-order valence-electron chi connectivity index (χ4n) is 2.91. The standard InChI is InChI=1S/C15H20F3N/c1-10-6-11(2)8-12(7-10)9-13-4-3-5-14(19-13)15(16,17)18/h6-8,13-14,19H,3-5,9H2,1-2H3. The van der Waals surface area contributed by atoms with Gasteiger partial charge in [-0.1, -0.05) is 29.3 Å². The summed E-state index contributed by atoms with van der Waals surface area (Å²) in [5.74, 6) is 0. The largest absolute Gasteiger partial charge is 0.403 e. The monoisotopic (exact) mass is 271 g/mol. The van der Waals surface area contributed by atoms with E-state index >= 15 is 0 Å². The Kier molecular flexibility index (Phi) is 4.19. The van der Waals surface area contributed by atoms with Crippen LogP contribution in [0.2, 0.25) is 0 Å². The van der Waals surface area contributed by atoms with Crippen molar-refractivity contribution in [1.82, 2.24) is 5.32 Å². The predicted molar refractivity (Wildman–Crippen MR) is 70.2 cm³/mol. The first-order valence-electron chi connectivity index (χ1n) is 6.74. The molecule has 1 N–H and O–H groups in total. The lowest BCUT2D eigenvalue weighted by Gasteiger charge is -2.32. The highest BCUT2D eigenvalue weighted by atomic mass is 19.4. The zero-order valence-corrected chi connectivity index (χ0v) is 11.3. The molecule has 0 bridgehead atoms. The van der Waals surface area contributed by atoms with Gasteiger partial charge in [-0.3, -0.25) is 0 Å². The average Bonchev–Trinajstić information content (AvgIpc) is 2.26. The normalized spacial score (nSPS) is 24.5. The number of rotatable bonds is 2. The first-order valence-corrected chi connectivity index (χ1v) is 6.74. The Bertz CT molecular complexity index is 419. The zero-order chi connectivity index (χ0) is 14.0. The van der Waals surface area contributed by atoms with E-state index in [1.165, 1.54) is 0 Å². The molecule has 0 spiro atoms. The van der Waals surface area contributed by atoms with Crippen molar-refractivity contribution in [3.63, 3.8) is 0 Å². The lowest BCUT2D eigenvalue weighted by Crippen LogP contribution is -2.51. The van der Waals surface area contributed by atoms with E-state index in [4.69, 9.17) is 0 Å². The summed E-state index contributed by atoms with van der Waals surface area (Å²) in [4.78, 5) is 0. The highest BCUT2D eigenvalue weighted by molar-refractivity contribution is 5.29. The maximum absolute atomic E-state index is 12.7. The minimum atomic E-state index is -4.12.